The average molecular weight is 411 g/mol. The van der Waals surface area contributed by atoms with Gasteiger partial charge in [0, 0.05) is 35.1 Å². The van der Waals surface area contributed by atoms with E-state index in [0.717, 1.165) is 53.9 Å². The zero-order chi connectivity index (χ0) is 20.8. The summed E-state index contributed by atoms with van der Waals surface area (Å²) in [6.45, 7) is 2.50. The van der Waals surface area contributed by atoms with E-state index in [1.165, 1.54) is 16.7 Å². The molecule has 6 rings (SSSR count). The van der Waals surface area contributed by atoms with Crippen molar-refractivity contribution < 1.29 is 18.8 Å². The van der Waals surface area contributed by atoms with Crippen LogP contribution in [0.5, 0.6) is 11.5 Å². The first-order valence-corrected chi connectivity index (χ1v) is 10.7. The van der Waals surface area contributed by atoms with Gasteiger partial charge in [0.2, 0.25) is 12.1 Å². The molecule has 0 fully saturated rings. The van der Waals surface area contributed by atoms with Gasteiger partial charge in [-0.1, -0.05) is 36.4 Å². The minimum atomic E-state index is 0.103. The maximum atomic E-state index is 12.9. The van der Waals surface area contributed by atoms with Crippen LogP contribution in [0.1, 0.15) is 27.0 Å². The molecule has 0 aliphatic carbocycles. The summed E-state index contributed by atoms with van der Waals surface area (Å²) in [6.07, 6.45) is 7.83. The van der Waals surface area contributed by atoms with E-state index in [1.54, 1.807) is 0 Å². The van der Waals surface area contributed by atoms with Gasteiger partial charge in [-0.15, -0.1) is 0 Å². The number of nitrogens with zero attached hydrogens (tertiary/aromatic N) is 2. The Morgan fingerprint density at radius 1 is 1.00 bits per heavy atom. The van der Waals surface area contributed by atoms with Gasteiger partial charge in [0.25, 0.3) is 0 Å². The molecule has 0 saturated heterocycles. The number of carbonyl (C=O) groups excluding carboxylic acids is 1. The lowest BCUT2D eigenvalue weighted by atomic mass is 9.99. The van der Waals surface area contributed by atoms with E-state index in [9.17, 15) is 4.79 Å². The molecule has 5 heteroatoms. The molecule has 3 aromatic carbocycles. The Morgan fingerprint density at radius 2 is 1.87 bits per heavy atom. The lowest BCUT2D eigenvalue weighted by Crippen LogP contribution is -2.32. The average Bonchev–Trinajstić information content (AvgIpc) is 3.54. The van der Waals surface area contributed by atoms with Gasteiger partial charge in [-0.3, -0.25) is 4.79 Å². The molecule has 3 heterocycles. The van der Waals surface area contributed by atoms with Crippen molar-refractivity contribution in [3.63, 3.8) is 0 Å². The van der Waals surface area contributed by atoms with Crippen molar-refractivity contribution in [3.8, 4) is 11.5 Å². The maximum Gasteiger partial charge on any atom is 0.244 e. The normalized spacial score (nSPS) is 14.2. The predicted molar refractivity (Wildman–Crippen MR) is 117 cm³/mol. The van der Waals surface area contributed by atoms with Gasteiger partial charge in [-0.05, 0) is 22.9 Å². The first kappa shape index (κ1) is 18.2. The Balaban J connectivity index is 1.23. The topological polar surface area (TPSA) is 44.3 Å². The number of hydrogen-bond acceptors (Lipinski definition) is 3. The zero-order valence-corrected chi connectivity index (χ0v) is 17.2. The van der Waals surface area contributed by atoms with Crippen molar-refractivity contribution in [3.05, 3.63) is 89.5 Å². The van der Waals surface area contributed by atoms with Crippen molar-refractivity contribution >= 4 is 16.6 Å². The van der Waals surface area contributed by atoms with Gasteiger partial charge >= 0.3 is 0 Å². The SMILES string of the molecule is O=C(Cn1cc[n+](Cc2c3c(cc4c2OCC4)OCC3)c1)c1ccc2ccccc2c1. The summed E-state index contributed by atoms with van der Waals surface area (Å²) in [5.74, 6) is 2.13. The van der Waals surface area contributed by atoms with Gasteiger partial charge in [0.15, 0.2) is 6.54 Å². The molecule has 1 aromatic heterocycles. The van der Waals surface area contributed by atoms with Gasteiger partial charge in [-0.2, -0.15) is 0 Å². The summed E-state index contributed by atoms with van der Waals surface area (Å²) in [7, 11) is 0. The monoisotopic (exact) mass is 411 g/mol. The lowest BCUT2D eigenvalue weighted by molar-refractivity contribution is -0.687. The van der Waals surface area contributed by atoms with Crippen molar-refractivity contribution in [2.24, 2.45) is 0 Å². The Morgan fingerprint density at radius 3 is 2.81 bits per heavy atom. The van der Waals surface area contributed by atoms with Crippen molar-refractivity contribution in [2.75, 3.05) is 13.2 Å². The number of ketones is 1. The highest BCUT2D eigenvalue weighted by atomic mass is 16.5. The van der Waals surface area contributed by atoms with E-state index in [2.05, 4.69) is 16.7 Å². The second kappa shape index (κ2) is 7.27. The zero-order valence-electron chi connectivity index (χ0n) is 17.2. The van der Waals surface area contributed by atoms with Crippen molar-refractivity contribution in [1.82, 2.24) is 4.57 Å². The molecule has 0 bridgehead atoms. The molecule has 0 radical (unpaired) electrons. The molecule has 2 aliphatic heterocycles. The minimum absolute atomic E-state index is 0.103. The molecule has 0 spiro atoms. The van der Waals surface area contributed by atoms with Gasteiger partial charge < -0.3 is 9.47 Å². The highest BCUT2D eigenvalue weighted by Crippen LogP contribution is 2.40. The van der Waals surface area contributed by atoms with Crippen LogP contribution < -0.4 is 14.0 Å². The highest BCUT2D eigenvalue weighted by Gasteiger charge is 2.27. The van der Waals surface area contributed by atoms with Gasteiger partial charge in [-0.25, -0.2) is 9.13 Å². The Labute approximate surface area is 180 Å². The molecule has 0 saturated carbocycles. The summed E-state index contributed by atoms with van der Waals surface area (Å²) in [6, 6.07) is 16.2. The number of Topliss-reactive ketones (excluding diaryl/α,β-unsaturated/α-hetero) is 1. The summed E-state index contributed by atoms with van der Waals surface area (Å²) in [5.41, 5.74) is 4.45. The fourth-order valence-corrected chi connectivity index (χ4v) is 4.68. The van der Waals surface area contributed by atoms with Crippen LogP contribution in [0.3, 0.4) is 0 Å². The molecular formula is C26H23N2O3+. The summed E-state index contributed by atoms with van der Waals surface area (Å²) in [4.78, 5) is 12.9. The number of hydrogen-bond donors (Lipinski definition) is 0. The van der Waals surface area contributed by atoms with Gasteiger partial charge in [0.1, 0.15) is 30.4 Å². The molecule has 0 unspecified atom stereocenters. The number of aromatic nitrogens is 2. The third kappa shape index (κ3) is 3.26. The molecule has 0 N–H and O–H groups in total. The van der Waals surface area contributed by atoms with Crippen molar-refractivity contribution in [1.29, 1.82) is 0 Å². The molecule has 0 amide bonds. The van der Waals surface area contributed by atoms with E-state index in [-0.39, 0.29) is 5.78 Å². The van der Waals surface area contributed by atoms with E-state index in [4.69, 9.17) is 9.47 Å². The molecule has 154 valence electrons. The fraction of sp³-hybridized carbons (Fsp3) is 0.231. The van der Waals surface area contributed by atoms with E-state index in [0.29, 0.717) is 13.1 Å². The number of ether oxygens (including phenoxy) is 2. The Bertz CT molecular complexity index is 1290. The van der Waals surface area contributed by atoms with Crippen LogP contribution in [0.15, 0.2) is 67.3 Å². The van der Waals surface area contributed by atoms with E-state index >= 15 is 0 Å². The highest BCUT2D eigenvalue weighted by molar-refractivity contribution is 5.99. The molecule has 0 atom stereocenters. The number of benzene rings is 3. The number of imidazole rings is 1. The Kier molecular flexibility index (Phi) is 4.27. The third-order valence-electron chi connectivity index (χ3n) is 6.24. The molecule has 31 heavy (non-hydrogen) atoms. The first-order chi connectivity index (χ1) is 15.2. The van der Waals surface area contributed by atoms with Crippen LogP contribution >= 0.6 is 0 Å². The smallest absolute Gasteiger partial charge is 0.244 e. The number of fused-ring (bicyclic) bond motifs is 3. The summed E-state index contributed by atoms with van der Waals surface area (Å²) >= 11 is 0. The first-order valence-electron chi connectivity index (χ1n) is 10.7. The largest absolute Gasteiger partial charge is 0.493 e. The Hall–Kier alpha value is -3.60. The summed E-state index contributed by atoms with van der Waals surface area (Å²) < 4.78 is 15.8. The third-order valence-corrected chi connectivity index (χ3v) is 6.24. The quantitative estimate of drug-likeness (QED) is 0.371. The van der Waals surface area contributed by atoms with E-state index < -0.39 is 0 Å². The standard InChI is InChI=1S/C26H23N2O3/c29-24(20-6-5-18-3-1-2-4-19(18)13-20)16-28-10-9-27(17-28)15-23-22-8-12-30-25(22)14-21-7-11-31-26(21)23/h1-6,9-10,13-14,17H,7-8,11-12,15-16H2/q+1. The lowest BCUT2D eigenvalue weighted by Gasteiger charge is -2.11. The molecule has 2 aliphatic rings. The fourth-order valence-electron chi connectivity index (χ4n) is 4.68. The molecule has 5 nitrogen and oxygen atoms in total. The van der Waals surface area contributed by atoms with E-state index in [1.807, 2.05) is 59.7 Å². The molecule has 4 aromatic rings. The summed E-state index contributed by atoms with van der Waals surface area (Å²) in [5, 5.41) is 2.23. The van der Waals surface area contributed by atoms with Crippen LogP contribution in [-0.4, -0.2) is 23.6 Å². The second-order valence-electron chi connectivity index (χ2n) is 8.26. The maximum absolute atomic E-state index is 12.9. The second-order valence-corrected chi connectivity index (χ2v) is 8.26. The van der Waals surface area contributed by atoms with Crippen LogP contribution in [-0.2, 0) is 25.9 Å². The molecular weight excluding hydrogens is 388 g/mol. The van der Waals surface area contributed by atoms with Crippen molar-refractivity contribution in [2.45, 2.75) is 25.9 Å². The van der Waals surface area contributed by atoms with Crippen LogP contribution in [0.4, 0.5) is 0 Å². The van der Waals surface area contributed by atoms with Crippen LogP contribution in [0, 0.1) is 0 Å². The number of rotatable bonds is 5. The van der Waals surface area contributed by atoms with Crippen LogP contribution in [0.2, 0.25) is 0 Å². The van der Waals surface area contributed by atoms with Crippen LogP contribution in [0.25, 0.3) is 10.8 Å². The number of carbonyl (C=O) groups is 1. The van der Waals surface area contributed by atoms with Gasteiger partial charge in [0.05, 0.1) is 13.2 Å². The minimum Gasteiger partial charge on any atom is -0.493 e. The predicted octanol–water partition coefficient (Wildman–Crippen LogP) is 3.73.